The number of halogens is 1. The summed E-state index contributed by atoms with van der Waals surface area (Å²) in [6.45, 7) is 0. The lowest BCUT2D eigenvalue weighted by Gasteiger charge is -2.17. The molecule has 0 fully saturated rings. The monoisotopic (exact) mass is 686 g/mol. The second kappa shape index (κ2) is 10.1. The van der Waals surface area contributed by atoms with Crippen molar-refractivity contribution in [2.24, 2.45) is 0 Å². The highest BCUT2D eigenvalue weighted by Gasteiger charge is 2.22. The average Bonchev–Trinajstić information content (AvgIpc) is 3.67. The summed E-state index contributed by atoms with van der Waals surface area (Å²) in [7, 11) is 0. The predicted octanol–water partition coefficient (Wildman–Crippen LogP) is 13.3. The van der Waals surface area contributed by atoms with Crippen LogP contribution in [-0.4, -0.2) is 9.13 Å². The summed E-state index contributed by atoms with van der Waals surface area (Å²) in [6, 6.07) is 60.1. The highest BCUT2D eigenvalue weighted by atomic mass is 79.9. The van der Waals surface area contributed by atoms with Gasteiger partial charge in [0.15, 0.2) is 0 Å². The van der Waals surface area contributed by atoms with Crippen LogP contribution in [0, 0.1) is 0 Å². The van der Waals surface area contributed by atoms with Gasteiger partial charge in [-0.2, -0.15) is 0 Å². The quantitative estimate of drug-likeness (QED) is 0.171. The van der Waals surface area contributed by atoms with Gasteiger partial charge in [0.2, 0.25) is 0 Å². The fourth-order valence-electron chi connectivity index (χ4n) is 8.38. The van der Waals surface area contributed by atoms with Crippen LogP contribution in [0.2, 0.25) is 0 Å². The van der Waals surface area contributed by atoms with Crippen molar-refractivity contribution >= 4 is 103 Å². The van der Waals surface area contributed by atoms with Crippen LogP contribution in [0.5, 0.6) is 0 Å². The largest absolute Gasteiger partial charge is 0.308 e. The zero-order chi connectivity index (χ0) is 32.2. The summed E-state index contributed by atoms with van der Waals surface area (Å²) in [5.74, 6) is 0. The minimum Gasteiger partial charge on any atom is -0.308 e. The summed E-state index contributed by atoms with van der Waals surface area (Å²) in [4.78, 5) is 0. The Labute approximate surface area is 290 Å². The van der Waals surface area contributed by atoms with Gasteiger partial charge in [-0.3, -0.25) is 0 Å². The zero-order valence-electron chi connectivity index (χ0n) is 26.4. The molecule has 9 aromatic carbocycles. The summed E-state index contributed by atoms with van der Waals surface area (Å²) < 4.78 is 5.99. The van der Waals surface area contributed by atoms with Gasteiger partial charge in [-0.05, 0) is 90.0 Å². The highest BCUT2D eigenvalue weighted by molar-refractivity contribution is 9.10. The second-order valence-corrected chi connectivity index (χ2v) is 13.8. The van der Waals surface area contributed by atoms with Gasteiger partial charge < -0.3 is 9.13 Å². The first-order chi connectivity index (χ1) is 24.2. The van der Waals surface area contributed by atoms with Crippen LogP contribution in [0.4, 0.5) is 0 Å². The van der Waals surface area contributed by atoms with Crippen molar-refractivity contribution in [3.63, 3.8) is 0 Å². The maximum absolute atomic E-state index is 4.24. The minimum atomic E-state index is 1.05. The van der Waals surface area contributed by atoms with E-state index in [-0.39, 0.29) is 0 Å². The summed E-state index contributed by atoms with van der Waals surface area (Å²) in [5.41, 5.74) is 7.03. The average molecular weight is 688 g/mol. The zero-order valence-corrected chi connectivity index (χ0v) is 27.9. The molecule has 3 heteroatoms. The van der Waals surface area contributed by atoms with Crippen molar-refractivity contribution in [1.82, 2.24) is 9.13 Å². The molecule has 11 aromatic rings. The molecule has 0 unspecified atom stereocenters. The van der Waals surface area contributed by atoms with Gasteiger partial charge in [0.25, 0.3) is 0 Å². The Balaban J connectivity index is 1.30. The number of hydrogen-bond donors (Lipinski definition) is 0. The van der Waals surface area contributed by atoms with E-state index in [0.29, 0.717) is 0 Å². The molecule has 0 bridgehead atoms. The Morgan fingerprint density at radius 1 is 0.327 bits per heavy atom. The fourth-order valence-corrected chi connectivity index (χ4v) is 9.00. The molecule has 0 radical (unpaired) electrons. The Kier molecular flexibility index (Phi) is 5.56. The minimum absolute atomic E-state index is 1.05. The van der Waals surface area contributed by atoms with Crippen LogP contribution in [0.15, 0.2) is 168 Å². The van der Waals surface area contributed by atoms with Gasteiger partial charge in [-0.25, -0.2) is 0 Å². The van der Waals surface area contributed by atoms with E-state index in [9.17, 15) is 0 Å². The van der Waals surface area contributed by atoms with Crippen LogP contribution in [0.3, 0.4) is 0 Å². The highest BCUT2D eigenvalue weighted by Crippen LogP contribution is 2.44. The molecule has 11 rings (SSSR count). The normalized spacial score (nSPS) is 12.2. The molecule has 0 saturated heterocycles. The summed E-state index contributed by atoms with van der Waals surface area (Å²) in [6.07, 6.45) is 0. The van der Waals surface area contributed by atoms with Crippen LogP contribution in [0.1, 0.15) is 0 Å². The van der Waals surface area contributed by atoms with Crippen molar-refractivity contribution in [3.05, 3.63) is 168 Å². The van der Waals surface area contributed by atoms with E-state index in [1.807, 2.05) is 0 Å². The number of rotatable bonds is 2. The first-order valence-electron chi connectivity index (χ1n) is 16.7. The van der Waals surface area contributed by atoms with Crippen LogP contribution < -0.4 is 0 Å². The second-order valence-electron chi connectivity index (χ2n) is 13.0. The van der Waals surface area contributed by atoms with Gasteiger partial charge in [-0.15, -0.1) is 0 Å². The van der Waals surface area contributed by atoms with Gasteiger partial charge >= 0.3 is 0 Å². The van der Waals surface area contributed by atoms with Crippen LogP contribution in [0.25, 0.3) is 98.1 Å². The number of aromatic nitrogens is 2. The number of nitrogens with zero attached hydrogens (tertiary/aromatic N) is 2. The maximum atomic E-state index is 4.24. The van der Waals surface area contributed by atoms with Crippen molar-refractivity contribution in [2.75, 3.05) is 0 Å². The molecule has 0 spiro atoms. The van der Waals surface area contributed by atoms with E-state index in [2.05, 4.69) is 189 Å². The number of fused-ring (bicyclic) bond motifs is 13. The Morgan fingerprint density at radius 3 is 1.49 bits per heavy atom. The number of hydrogen-bond acceptors (Lipinski definition) is 0. The Morgan fingerprint density at radius 2 is 0.816 bits per heavy atom. The maximum Gasteiger partial charge on any atom is 0.0656 e. The van der Waals surface area contributed by atoms with E-state index in [4.69, 9.17) is 0 Å². The SMILES string of the molecule is Brc1c(-n2c3cc4ccccc4cc3c3c4ccccc4ccc32)cccc1-n1c2ccc3ccccc3c2c2ccc3ccccc3c21. The van der Waals surface area contributed by atoms with E-state index >= 15 is 0 Å². The van der Waals surface area contributed by atoms with Crippen molar-refractivity contribution in [3.8, 4) is 11.4 Å². The lowest BCUT2D eigenvalue weighted by Crippen LogP contribution is -2.01. The molecule has 0 N–H and O–H groups in total. The third-order valence-electron chi connectivity index (χ3n) is 10.5. The third-order valence-corrected chi connectivity index (χ3v) is 11.3. The molecule has 0 aliphatic rings. The fraction of sp³-hybridized carbons (Fsp3) is 0. The van der Waals surface area contributed by atoms with Crippen LogP contribution in [-0.2, 0) is 0 Å². The lowest BCUT2D eigenvalue weighted by molar-refractivity contribution is 1.12. The summed E-state index contributed by atoms with van der Waals surface area (Å²) >= 11 is 4.24. The van der Waals surface area contributed by atoms with E-state index in [0.717, 1.165) is 15.8 Å². The molecule has 49 heavy (non-hydrogen) atoms. The Hall–Kier alpha value is -5.90. The topological polar surface area (TPSA) is 9.86 Å². The molecule has 2 nitrogen and oxygen atoms in total. The van der Waals surface area contributed by atoms with Crippen molar-refractivity contribution in [1.29, 1.82) is 0 Å². The molecule has 0 atom stereocenters. The molecule has 0 amide bonds. The lowest BCUT2D eigenvalue weighted by atomic mass is 10.0. The molecular formula is C46H27BrN2. The first kappa shape index (κ1) is 27.1. The molecule has 2 heterocycles. The van der Waals surface area contributed by atoms with Gasteiger partial charge in [0.05, 0.1) is 37.9 Å². The van der Waals surface area contributed by atoms with Crippen molar-refractivity contribution in [2.45, 2.75) is 0 Å². The predicted molar refractivity (Wildman–Crippen MR) is 213 cm³/mol. The molecule has 0 aliphatic carbocycles. The summed E-state index contributed by atoms with van der Waals surface area (Å²) in [5, 5.41) is 15.1. The molecule has 228 valence electrons. The smallest absolute Gasteiger partial charge is 0.0656 e. The molecule has 2 aromatic heterocycles. The molecule has 0 aliphatic heterocycles. The van der Waals surface area contributed by atoms with E-state index < -0.39 is 0 Å². The molecular weight excluding hydrogens is 660 g/mol. The first-order valence-corrected chi connectivity index (χ1v) is 17.5. The van der Waals surface area contributed by atoms with Gasteiger partial charge in [-0.1, -0.05) is 127 Å². The number of benzene rings is 9. The van der Waals surface area contributed by atoms with Gasteiger partial charge in [0.1, 0.15) is 0 Å². The van der Waals surface area contributed by atoms with Crippen molar-refractivity contribution < 1.29 is 0 Å². The third kappa shape index (κ3) is 3.71. The van der Waals surface area contributed by atoms with E-state index in [1.165, 1.54) is 86.7 Å². The van der Waals surface area contributed by atoms with Gasteiger partial charge in [0, 0.05) is 26.9 Å². The van der Waals surface area contributed by atoms with Crippen LogP contribution >= 0.6 is 15.9 Å². The molecule has 0 saturated carbocycles. The Bertz CT molecular complexity index is 3180. The van der Waals surface area contributed by atoms with E-state index in [1.54, 1.807) is 0 Å². The standard InChI is InChI=1S/C46H27BrN2/c47-45-40(48-38-24-21-29-11-4-7-16-34(29)44(38)37-26-31-13-1-2-14-32(31)27-42(37)48)18-9-19-41(45)49-39-25-22-28-10-3-6-15-33(28)43(39)36-23-20-30-12-5-8-17-35(30)46(36)49/h1-27H.